The van der Waals surface area contributed by atoms with Gasteiger partial charge < -0.3 is 5.32 Å². The van der Waals surface area contributed by atoms with Gasteiger partial charge in [-0.15, -0.1) is 0 Å². The van der Waals surface area contributed by atoms with E-state index in [4.69, 9.17) is 11.6 Å². The lowest BCUT2D eigenvalue weighted by atomic mass is 10.1. The van der Waals surface area contributed by atoms with Gasteiger partial charge in [-0.2, -0.15) is 0 Å². The third kappa shape index (κ3) is 3.50. The van der Waals surface area contributed by atoms with E-state index in [1.807, 2.05) is 18.2 Å². The second-order valence-electron chi connectivity index (χ2n) is 4.76. The summed E-state index contributed by atoms with van der Waals surface area (Å²) in [4.78, 5) is 0. The van der Waals surface area contributed by atoms with Crippen molar-refractivity contribution in [2.24, 2.45) is 5.92 Å². The fraction of sp³-hybridized carbons (Fsp3) is 0.571. The maximum atomic E-state index is 6.13. The SMILES string of the molecule is CCC(CC1CC1)NCc1ccccc1Cl. The maximum Gasteiger partial charge on any atom is 0.0450 e. The van der Waals surface area contributed by atoms with Gasteiger partial charge in [-0.3, -0.25) is 0 Å². The van der Waals surface area contributed by atoms with Gasteiger partial charge >= 0.3 is 0 Å². The van der Waals surface area contributed by atoms with Crippen molar-refractivity contribution in [3.8, 4) is 0 Å². The third-order valence-electron chi connectivity index (χ3n) is 3.35. The van der Waals surface area contributed by atoms with E-state index in [1.54, 1.807) is 0 Å². The van der Waals surface area contributed by atoms with E-state index in [-0.39, 0.29) is 0 Å². The molecule has 1 aliphatic carbocycles. The van der Waals surface area contributed by atoms with Crippen LogP contribution in [0.1, 0.15) is 38.2 Å². The summed E-state index contributed by atoms with van der Waals surface area (Å²) < 4.78 is 0. The fourth-order valence-electron chi connectivity index (χ4n) is 2.05. The molecule has 1 nitrogen and oxygen atoms in total. The van der Waals surface area contributed by atoms with Gasteiger partial charge in [0.05, 0.1) is 0 Å². The number of hydrogen-bond acceptors (Lipinski definition) is 1. The number of nitrogens with one attached hydrogen (secondary N) is 1. The summed E-state index contributed by atoms with van der Waals surface area (Å²) in [5.74, 6) is 0.990. The average molecular weight is 238 g/mol. The van der Waals surface area contributed by atoms with Crippen LogP contribution in [-0.2, 0) is 6.54 Å². The minimum absolute atomic E-state index is 0.656. The molecule has 1 N–H and O–H groups in total. The molecule has 16 heavy (non-hydrogen) atoms. The second-order valence-corrected chi connectivity index (χ2v) is 5.16. The predicted molar refractivity (Wildman–Crippen MR) is 69.7 cm³/mol. The Morgan fingerprint density at radius 3 is 2.75 bits per heavy atom. The molecule has 0 spiro atoms. The van der Waals surface area contributed by atoms with Crippen molar-refractivity contribution in [2.75, 3.05) is 0 Å². The molecule has 1 aromatic carbocycles. The zero-order valence-corrected chi connectivity index (χ0v) is 10.6. The normalized spacial score (nSPS) is 17.4. The summed E-state index contributed by atoms with van der Waals surface area (Å²) in [5.41, 5.74) is 1.21. The first-order valence-corrected chi connectivity index (χ1v) is 6.64. The fourth-order valence-corrected chi connectivity index (χ4v) is 2.25. The highest BCUT2D eigenvalue weighted by Crippen LogP contribution is 2.34. The molecule has 0 aromatic heterocycles. The van der Waals surface area contributed by atoms with E-state index in [9.17, 15) is 0 Å². The van der Waals surface area contributed by atoms with E-state index < -0.39 is 0 Å². The predicted octanol–water partition coefficient (Wildman–Crippen LogP) is 4.01. The summed E-state index contributed by atoms with van der Waals surface area (Å²) in [7, 11) is 0. The quantitative estimate of drug-likeness (QED) is 0.789. The van der Waals surface area contributed by atoms with Crippen LogP contribution in [-0.4, -0.2) is 6.04 Å². The van der Waals surface area contributed by atoms with E-state index in [1.165, 1.54) is 31.2 Å². The lowest BCUT2D eigenvalue weighted by molar-refractivity contribution is 0.445. The van der Waals surface area contributed by atoms with Crippen LogP contribution in [0.4, 0.5) is 0 Å². The molecule has 88 valence electrons. The van der Waals surface area contributed by atoms with Crippen molar-refractivity contribution in [2.45, 2.75) is 45.2 Å². The molecule has 1 fully saturated rings. The zero-order valence-electron chi connectivity index (χ0n) is 9.88. The molecule has 1 unspecified atom stereocenters. The summed E-state index contributed by atoms with van der Waals surface area (Å²) >= 11 is 6.13. The Balaban J connectivity index is 1.82. The van der Waals surface area contributed by atoms with Crippen LogP contribution in [0.15, 0.2) is 24.3 Å². The molecule has 0 amide bonds. The van der Waals surface area contributed by atoms with Crippen molar-refractivity contribution >= 4 is 11.6 Å². The van der Waals surface area contributed by atoms with Crippen LogP contribution in [0.3, 0.4) is 0 Å². The number of hydrogen-bond donors (Lipinski definition) is 1. The Morgan fingerprint density at radius 2 is 2.12 bits per heavy atom. The maximum absolute atomic E-state index is 6.13. The van der Waals surface area contributed by atoms with Gasteiger partial charge in [-0.25, -0.2) is 0 Å². The summed E-state index contributed by atoms with van der Waals surface area (Å²) in [6.45, 7) is 3.15. The second kappa shape index (κ2) is 5.70. The highest BCUT2D eigenvalue weighted by molar-refractivity contribution is 6.31. The van der Waals surface area contributed by atoms with Gasteiger partial charge in [0.25, 0.3) is 0 Å². The monoisotopic (exact) mass is 237 g/mol. The zero-order chi connectivity index (χ0) is 11.4. The summed E-state index contributed by atoms with van der Waals surface area (Å²) in [5, 5.41) is 4.48. The van der Waals surface area contributed by atoms with Gasteiger partial charge in [0.2, 0.25) is 0 Å². The Morgan fingerprint density at radius 1 is 1.38 bits per heavy atom. The molecule has 1 aromatic rings. The Kier molecular flexibility index (Phi) is 4.25. The van der Waals surface area contributed by atoms with Crippen LogP contribution >= 0.6 is 11.6 Å². The average Bonchev–Trinajstić information content (AvgIpc) is 3.10. The molecule has 0 radical (unpaired) electrons. The van der Waals surface area contributed by atoms with E-state index >= 15 is 0 Å². The Hall–Kier alpha value is -0.530. The highest BCUT2D eigenvalue weighted by atomic mass is 35.5. The van der Waals surface area contributed by atoms with Crippen LogP contribution in [0, 0.1) is 5.92 Å². The Bertz CT molecular complexity index is 333. The van der Waals surface area contributed by atoms with Crippen molar-refractivity contribution in [1.82, 2.24) is 5.32 Å². The molecule has 1 aliphatic rings. The largest absolute Gasteiger partial charge is 0.310 e. The first-order chi connectivity index (χ1) is 7.79. The third-order valence-corrected chi connectivity index (χ3v) is 3.72. The van der Waals surface area contributed by atoms with Gasteiger partial charge in [-0.05, 0) is 30.4 Å². The minimum atomic E-state index is 0.656. The molecule has 2 rings (SSSR count). The molecular weight excluding hydrogens is 218 g/mol. The summed E-state index contributed by atoms with van der Waals surface area (Å²) in [6.07, 6.45) is 5.41. The van der Waals surface area contributed by atoms with Gasteiger partial charge in [-0.1, -0.05) is 49.6 Å². The van der Waals surface area contributed by atoms with Crippen molar-refractivity contribution < 1.29 is 0 Å². The van der Waals surface area contributed by atoms with Crippen LogP contribution < -0.4 is 5.32 Å². The van der Waals surface area contributed by atoms with Crippen molar-refractivity contribution in [3.05, 3.63) is 34.9 Å². The molecule has 0 aliphatic heterocycles. The van der Waals surface area contributed by atoms with Crippen molar-refractivity contribution in [1.29, 1.82) is 0 Å². The number of halogens is 1. The van der Waals surface area contributed by atoms with E-state index in [2.05, 4.69) is 18.3 Å². The molecule has 0 saturated heterocycles. The van der Waals surface area contributed by atoms with Gasteiger partial charge in [0, 0.05) is 17.6 Å². The van der Waals surface area contributed by atoms with Crippen LogP contribution in [0.5, 0.6) is 0 Å². The van der Waals surface area contributed by atoms with Crippen LogP contribution in [0.2, 0.25) is 5.02 Å². The first kappa shape index (κ1) is 11.9. The number of benzene rings is 1. The molecule has 1 saturated carbocycles. The standard InChI is InChI=1S/C14H20ClN/c1-2-13(9-11-7-8-11)16-10-12-5-3-4-6-14(12)15/h3-6,11,13,16H,2,7-10H2,1H3. The van der Waals surface area contributed by atoms with E-state index in [0.29, 0.717) is 6.04 Å². The lowest BCUT2D eigenvalue weighted by Crippen LogP contribution is -2.28. The summed E-state index contributed by atoms with van der Waals surface area (Å²) in [6, 6.07) is 8.74. The van der Waals surface area contributed by atoms with Gasteiger partial charge in [0.1, 0.15) is 0 Å². The molecular formula is C14H20ClN. The van der Waals surface area contributed by atoms with Gasteiger partial charge in [0.15, 0.2) is 0 Å². The molecule has 0 bridgehead atoms. The molecule has 0 heterocycles. The van der Waals surface area contributed by atoms with E-state index in [0.717, 1.165) is 17.5 Å². The topological polar surface area (TPSA) is 12.0 Å². The minimum Gasteiger partial charge on any atom is -0.310 e. The number of rotatable bonds is 6. The molecule has 1 atom stereocenters. The Labute approximate surface area is 103 Å². The molecule has 2 heteroatoms. The highest BCUT2D eigenvalue weighted by Gasteiger charge is 2.24. The first-order valence-electron chi connectivity index (χ1n) is 6.26. The lowest BCUT2D eigenvalue weighted by Gasteiger charge is -2.17. The van der Waals surface area contributed by atoms with Crippen molar-refractivity contribution in [3.63, 3.8) is 0 Å². The smallest absolute Gasteiger partial charge is 0.0450 e. The van der Waals surface area contributed by atoms with Crippen LogP contribution in [0.25, 0.3) is 0 Å².